The van der Waals surface area contributed by atoms with E-state index in [0.29, 0.717) is 22.2 Å². The van der Waals surface area contributed by atoms with Crippen molar-refractivity contribution in [1.82, 2.24) is 0 Å². The predicted molar refractivity (Wildman–Crippen MR) is 68.2 cm³/mol. The van der Waals surface area contributed by atoms with Gasteiger partial charge in [0, 0.05) is 18.2 Å². The molecule has 1 atom stereocenters. The third-order valence-electron chi connectivity index (χ3n) is 2.14. The van der Waals surface area contributed by atoms with Crippen LogP contribution in [0.25, 0.3) is 0 Å². The third-order valence-corrected chi connectivity index (χ3v) is 2.75. The zero-order valence-corrected chi connectivity index (χ0v) is 11.2. The highest BCUT2D eigenvalue weighted by atomic mass is 79.9. The van der Waals surface area contributed by atoms with E-state index in [1.165, 1.54) is 0 Å². The molecular formula is C10H15BrClNO3. The van der Waals surface area contributed by atoms with E-state index in [4.69, 9.17) is 15.6 Å². The molecular weight excluding hydrogens is 297 g/mol. The van der Waals surface area contributed by atoms with Gasteiger partial charge in [-0.25, -0.2) is 0 Å². The normalized spacial score (nSPS) is 11.8. The van der Waals surface area contributed by atoms with E-state index in [0.717, 1.165) is 0 Å². The summed E-state index contributed by atoms with van der Waals surface area (Å²) in [6.07, 6.45) is 0.396. The van der Waals surface area contributed by atoms with Gasteiger partial charge in [0.25, 0.3) is 0 Å². The Kier molecular flexibility index (Phi) is 6.74. The number of hydrogen-bond donors (Lipinski definition) is 3. The lowest BCUT2D eigenvalue weighted by molar-refractivity contribution is 0.275. The van der Waals surface area contributed by atoms with Crippen molar-refractivity contribution in [3.05, 3.63) is 22.2 Å². The van der Waals surface area contributed by atoms with E-state index in [-0.39, 0.29) is 24.8 Å². The fraction of sp³-hybridized carbons (Fsp3) is 0.400. The second-order valence-electron chi connectivity index (χ2n) is 3.17. The zero-order chi connectivity index (χ0) is 11.4. The molecule has 0 aliphatic heterocycles. The van der Waals surface area contributed by atoms with Gasteiger partial charge in [-0.05, 0) is 34.5 Å². The van der Waals surface area contributed by atoms with Crippen molar-refractivity contribution in [3.63, 3.8) is 0 Å². The van der Waals surface area contributed by atoms with Gasteiger partial charge in [0.05, 0.1) is 11.6 Å². The lowest BCUT2D eigenvalue weighted by Crippen LogP contribution is -2.12. The minimum atomic E-state index is -0.401. The molecule has 1 aromatic carbocycles. The number of rotatable bonds is 4. The summed E-state index contributed by atoms with van der Waals surface area (Å²) in [5.74, 6) is 0.708. The second kappa shape index (κ2) is 6.96. The molecule has 0 unspecified atom stereocenters. The van der Waals surface area contributed by atoms with Gasteiger partial charge in [-0.2, -0.15) is 0 Å². The van der Waals surface area contributed by atoms with Crippen molar-refractivity contribution in [1.29, 1.82) is 0 Å². The van der Waals surface area contributed by atoms with E-state index in [1.807, 2.05) is 0 Å². The molecule has 1 aromatic rings. The number of ether oxygens (including phenoxy) is 1. The highest BCUT2D eigenvalue weighted by molar-refractivity contribution is 9.10. The molecule has 4 N–H and O–H groups in total. The SMILES string of the molecule is COc1cc(Br)c(O)c([C@@H](N)CCO)c1.Cl. The summed E-state index contributed by atoms with van der Waals surface area (Å²) in [6, 6.07) is 2.92. The number of aliphatic hydroxyl groups excluding tert-OH is 1. The van der Waals surface area contributed by atoms with E-state index in [2.05, 4.69) is 15.9 Å². The van der Waals surface area contributed by atoms with Gasteiger partial charge in [0.2, 0.25) is 0 Å². The topological polar surface area (TPSA) is 75.7 Å². The molecule has 6 heteroatoms. The number of benzene rings is 1. The highest BCUT2D eigenvalue weighted by Crippen LogP contribution is 2.36. The molecule has 0 fully saturated rings. The Morgan fingerprint density at radius 3 is 2.62 bits per heavy atom. The van der Waals surface area contributed by atoms with Crippen LogP contribution in [0, 0.1) is 0 Å². The molecule has 1 rings (SSSR count). The number of phenolic OH excluding ortho intramolecular Hbond substituents is 1. The number of hydrogen-bond acceptors (Lipinski definition) is 4. The minimum absolute atomic E-state index is 0. The van der Waals surface area contributed by atoms with Crippen molar-refractivity contribution >= 4 is 28.3 Å². The van der Waals surface area contributed by atoms with Gasteiger partial charge in [0.15, 0.2) is 0 Å². The molecule has 0 radical (unpaired) electrons. The number of aliphatic hydroxyl groups is 1. The van der Waals surface area contributed by atoms with Crippen molar-refractivity contribution < 1.29 is 14.9 Å². The summed E-state index contributed by atoms with van der Waals surface area (Å²) >= 11 is 3.21. The Hall–Kier alpha value is -0.490. The number of aromatic hydroxyl groups is 1. The fourth-order valence-corrected chi connectivity index (χ4v) is 1.74. The van der Waals surface area contributed by atoms with Crippen LogP contribution in [-0.2, 0) is 0 Å². The molecule has 4 nitrogen and oxygen atoms in total. The standard InChI is InChI=1S/C10H14BrNO3.ClH/c1-15-6-4-7(9(12)2-3-13)10(14)8(11)5-6;/h4-5,9,13-14H,2-3,12H2,1H3;1H/t9-;/m0./s1. The fourth-order valence-electron chi connectivity index (χ4n) is 1.29. The summed E-state index contributed by atoms with van der Waals surface area (Å²) in [4.78, 5) is 0. The van der Waals surface area contributed by atoms with E-state index in [9.17, 15) is 5.11 Å². The summed E-state index contributed by atoms with van der Waals surface area (Å²) in [7, 11) is 1.54. The van der Waals surface area contributed by atoms with Crippen molar-refractivity contribution in [3.8, 4) is 11.5 Å². The summed E-state index contributed by atoms with van der Waals surface area (Å²) in [6.45, 7) is -0.0184. The predicted octanol–water partition coefficient (Wildman–Crippen LogP) is 1.97. The highest BCUT2D eigenvalue weighted by Gasteiger charge is 2.14. The molecule has 16 heavy (non-hydrogen) atoms. The van der Waals surface area contributed by atoms with Crippen LogP contribution >= 0.6 is 28.3 Å². The quantitative estimate of drug-likeness (QED) is 0.794. The first kappa shape index (κ1) is 15.5. The molecule has 0 aromatic heterocycles. The first-order valence-corrected chi connectivity index (χ1v) is 5.32. The number of nitrogens with two attached hydrogens (primary N) is 1. The van der Waals surface area contributed by atoms with Crippen molar-refractivity contribution in [2.24, 2.45) is 5.73 Å². The van der Waals surface area contributed by atoms with Gasteiger partial charge < -0.3 is 20.7 Å². The maximum atomic E-state index is 9.75. The largest absolute Gasteiger partial charge is 0.506 e. The van der Waals surface area contributed by atoms with Crippen LogP contribution in [0.4, 0.5) is 0 Å². The molecule has 92 valence electrons. The van der Waals surface area contributed by atoms with Crippen LogP contribution < -0.4 is 10.5 Å². The molecule has 0 heterocycles. The molecule has 0 saturated heterocycles. The van der Waals surface area contributed by atoms with Crippen LogP contribution in [0.15, 0.2) is 16.6 Å². The maximum absolute atomic E-state index is 9.75. The first-order valence-electron chi connectivity index (χ1n) is 4.53. The zero-order valence-electron chi connectivity index (χ0n) is 8.81. The number of methoxy groups -OCH3 is 1. The Labute approximate surface area is 109 Å². The van der Waals surface area contributed by atoms with Gasteiger partial charge >= 0.3 is 0 Å². The summed E-state index contributed by atoms with van der Waals surface area (Å²) in [5.41, 5.74) is 6.37. The Morgan fingerprint density at radius 2 is 2.12 bits per heavy atom. The second-order valence-corrected chi connectivity index (χ2v) is 4.02. The lowest BCUT2D eigenvalue weighted by atomic mass is 10.0. The van der Waals surface area contributed by atoms with E-state index in [1.54, 1.807) is 19.2 Å². The van der Waals surface area contributed by atoms with Crippen LogP contribution in [0.1, 0.15) is 18.0 Å². The molecule has 0 amide bonds. The Bertz CT molecular complexity index is 349. The van der Waals surface area contributed by atoms with Crippen molar-refractivity contribution in [2.45, 2.75) is 12.5 Å². The third kappa shape index (κ3) is 3.52. The molecule has 0 aliphatic rings. The molecule has 0 saturated carbocycles. The first-order chi connectivity index (χ1) is 7.10. The minimum Gasteiger partial charge on any atom is -0.506 e. The maximum Gasteiger partial charge on any atom is 0.134 e. The smallest absolute Gasteiger partial charge is 0.134 e. The average Bonchev–Trinajstić information content (AvgIpc) is 2.22. The van der Waals surface area contributed by atoms with Crippen LogP contribution in [0.5, 0.6) is 11.5 Å². The van der Waals surface area contributed by atoms with Gasteiger partial charge in [-0.15, -0.1) is 12.4 Å². The molecule has 0 aliphatic carbocycles. The van der Waals surface area contributed by atoms with Gasteiger partial charge in [-0.1, -0.05) is 0 Å². The Morgan fingerprint density at radius 1 is 1.50 bits per heavy atom. The van der Waals surface area contributed by atoms with Crippen LogP contribution in [-0.4, -0.2) is 23.9 Å². The number of halogens is 2. The monoisotopic (exact) mass is 311 g/mol. The average molecular weight is 313 g/mol. The van der Waals surface area contributed by atoms with Crippen LogP contribution in [0.3, 0.4) is 0 Å². The Balaban J connectivity index is 0.00000225. The lowest BCUT2D eigenvalue weighted by Gasteiger charge is -2.14. The van der Waals surface area contributed by atoms with E-state index >= 15 is 0 Å². The molecule has 0 spiro atoms. The molecule has 0 bridgehead atoms. The van der Waals surface area contributed by atoms with Gasteiger partial charge in [-0.3, -0.25) is 0 Å². The van der Waals surface area contributed by atoms with Crippen LogP contribution in [0.2, 0.25) is 0 Å². The summed E-state index contributed by atoms with van der Waals surface area (Å²) in [5, 5.41) is 18.5. The van der Waals surface area contributed by atoms with E-state index < -0.39 is 6.04 Å². The van der Waals surface area contributed by atoms with Crippen molar-refractivity contribution in [2.75, 3.05) is 13.7 Å². The number of phenols is 1. The van der Waals surface area contributed by atoms with Gasteiger partial charge in [0.1, 0.15) is 11.5 Å². The summed E-state index contributed by atoms with van der Waals surface area (Å²) < 4.78 is 5.59.